The number of anilines is 1. The maximum Gasteiger partial charge on any atom is 0.310 e. The Morgan fingerprint density at radius 1 is 1.61 bits per heavy atom. The van der Waals surface area contributed by atoms with Crippen molar-refractivity contribution in [3.63, 3.8) is 0 Å². The van der Waals surface area contributed by atoms with Crippen molar-refractivity contribution in [1.29, 1.82) is 0 Å². The molecule has 1 aliphatic heterocycles. The fraction of sp³-hybridized carbons (Fsp3) is 0.455. The van der Waals surface area contributed by atoms with Crippen LogP contribution in [0.15, 0.2) is 18.2 Å². The number of nitro benzene ring substituents is 1. The Kier molecular flexibility index (Phi) is 4.35. The summed E-state index contributed by atoms with van der Waals surface area (Å²) in [6.07, 6.45) is 0.0114. The SMILES string of the molecule is O=[N+]([O-])c1c(Cl)cccc1NCC1CNCCO1. The van der Waals surface area contributed by atoms with E-state index in [1.54, 1.807) is 12.1 Å². The largest absolute Gasteiger partial charge is 0.377 e. The minimum Gasteiger partial charge on any atom is -0.377 e. The van der Waals surface area contributed by atoms with Gasteiger partial charge in [-0.05, 0) is 12.1 Å². The molecule has 1 heterocycles. The van der Waals surface area contributed by atoms with Gasteiger partial charge < -0.3 is 15.4 Å². The van der Waals surface area contributed by atoms with Crippen molar-refractivity contribution >= 4 is 23.0 Å². The predicted molar refractivity (Wildman–Crippen MR) is 69.2 cm³/mol. The summed E-state index contributed by atoms with van der Waals surface area (Å²) in [4.78, 5) is 10.4. The molecule has 1 aromatic carbocycles. The number of morpholine rings is 1. The van der Waals surface area contributed by atoms with Gasteiger partial charge in [-0.2, -0.15) is 0 Å². The number of nitrogens with one attached hydrogen (secondary N) is 2. The second kappa shape index (κ2) is 5.99. The summed E-state index contributed by atoms with van der Waals surface area (Å²) in [6, 6.07) is 4.82. The molecular weight excluding hydrogens is 258 g/mol. The molecule has 0 bridgehead atoms. The molecule has 0 aromatic heterocycles. The van der Waals surface area contributed by atoms with Crippen LogP contribution < -0.4 is 10.6 Å². The Labute approximate surface area is 109 Å². The number of rotatable bonds is 4. The fourth-order valence-corrected chi connectivity index (χ4v) is 2.06. The fourth-order valence-electron chi connectivity index (χ4n) is 1.82. The molecule has 6 nitrogen and oxygen atoms in total. The first-order chi connectivity index (χ1) is 8.68. The lowest BCUT2D eigenvalue weighted by Crippen LogP contribution is -2.42. The maximum atomic E-state index is 10.9. The van der Waals surface area contributed by atoms with E-state index in [2.05, 4.69) is 10.6 Å². The van der Waals surface area contributed by atoms with Crippen molar-refractivity contribution in [1.82, 2.24) is 5.32 Å². The van der Waals surface area contributed by atoms with Crippen LogP contribution in [0.4, 0.5) is 11.4 Å². The molecule has 0 radical (unpaired) electrons. The van der Waals surface area contributed by atoms with E-state index in [-0.39, 0.29) is 16.8 Å². The van der Waals surface area contributed by atoms with E-state index in [9.17, 15) is 10.1 Å². The molecule has 7 heteroatoms. The molecule has 1 unspecified atom stereocenters. The Balaban J connectivity index is 2.04. The van der Waals surface area contributed by atoms with E-state index in [1.807, 2.05) is 0 Å². The van der Waals surface area contributed by atoms with Crippen LogP contribution >= 0.6 is 11.6 Å². The van der Waals surface area contributed by atoms with E-state index in [0.717, 1.165) is 13.1 Å². The highest BCUT2D eigenvalue weighted by atomic mass is 35.5. The summed E-state index contributed by atoms with van der Waals surface area (Å²) in [5.41, 5.74) is 0.324. The van der Waals surface area contributed by atoms with Crippen molar-refractivity contribution in [3.05, 3.63) is 33.3 Å². The van der Waals surface area contributed by atoms with Crippen LogP contribution in [-0.2, 0) is 4.74 Å². The molecule has 98 valence electrons. The monoisotopic (exact) mass is 271 g/mol. The zero-order valence-electron chi connectivity index (χ0n) is 9.69. The smallest absolute Gasteiger partial charge is 0.310 e. The van der Waals surface area contributed by atoms with Gasteiger partial charge in [-0.3, -0.25) is 10.1 Å². The highest BCUT2D eigenvalue weighted by molar-refractivity contribution is 6.33. The second-order valence-corrected chi connectivity index (χ2v) is 4.38. The number of para-hydroxylation sites is 1. The van der Waals surface area contributed by atoms with Gasteiger partial charge >= 0.3 is 5.69 Å². The van der Waals surface area contributed by atoms with Crippen LogP contribution in [0, 0.1) is 10.1 Å². The molecule has 1 fully saturated rings. The van der Waals surface area contributed by atoms with Crippen molar-refractivity contribution in [2.75, 3.05) is 31.6 Å². The first-order valence-electron chi connectivity index (χ1n) is 5.67. The molecule has 0 saturated carbocycles. The zero-order valence-corrected chi connectivity index (χ0v) is 10.4. The second-order valence-electron chi connectivity index (χ2n) is 3.97. The lowest BCUT2D eigenvalue weighted by molar-refractivity contribution is -0.383. The Hall–Kier alpha value is -1.37. The minimum atomic E-state index is -0.482. The number of benzene rings is 1. The van der Waals surface area contributed by atoms with Crippen LogP contribution in [0.3, 0.4) is 0 Å². The van der Waals surface area contributed by atoms with Crippen molar-refractivity contribution in [2.45, 2.75) is 6.10 Å². The van der Waals surface area contributed by atoms with Gasteiger partial charge in [-0.1, -0.05) is 17.7 Å². The molecule has 1 saturated heterocycles. The quantitative estimate of drug-likeness (QED) is 0.643. The van der Waals surface area contributed by atoms with Crippen LogP contribution in [-0.4, -0.2) is 37.3 Å². The predicted octanol–water partition coefficient (Wildman–Crippen LogP) is 1.65. The topological polar surface area (TPSA) is 76.4 Å². The van der Waals surface area contributed by atoms with E-state index in [1.165, 1.54) is 6.07 Å². The molecule has 18 heavy (non-hydrogen) atoms. The Morgan fingerprint density at radius 2 is 2.44 bits per heavy atom. The standard InChI is InChI=1S/C11H14ClN3O3/c12-9-2-1-3-10(11(9)15(16)17)14-7-8-6-13-4-5-18-8/h1-3,8,13-14H,4-7H2. The molecule has 2 N–H and O–H groups in total. The van der Waals surface area contributed by atoms with Crippen LogP contribution in [0.1, 0.15) is 0 Å². The van der Waals surface area contributed by atoms with E-state index < -0.39 is 4.92 Å². The van der Waals surface area contributed by atoms with Gasteiger partial charge in [0.25, 0.3) is 0 Å². The number of halogens is 1. The first kappa shape index (κ1) is 13.1. The first-order valence-corrected chi connectivity index (χ1v) is 6.05. The van der Waals surface area contributed by atoms with Gasteiger partial charge in [0.2, 0.25) is 0 Å². The van der Waals surface area contributed by atoms with Gasteiger partial charge in [-0.15, -0.1) is 0 Å². The van der Waals surface area contributed by atoms with E-state index in [0.29, 0.717) is 18.8 Å². The minimum absolute atomic E-state index is 0.0114. The molecule has 2 rings (SSSR count). The zero-order chi connectivity index (χ0) is 13.0. The average molecular weight is 272 g/mol. The molecular formula is C11H14ClN3O3. The van der Waals surface area contributed by atoms with Gasteiger partial charge in [0.05, 0.1) is 17.6 Å². The molecule has 1 aromatic rings. The summed E-state index contributed by atoms with van der Waals surface area (Å²) >= 11 is 5.82. The van der Waals surface area contributed by atoms with Crippen molar-refractivity contribution < 1.29 is 9.66 Å². The van der Waals surface area contributed by atoms with Crippen LogP contribution in [0.2, 0.25) is 5.02 Å². The lowest BCUT2D eigenvalue weighted by atomic mass is 10.2. The third-order valence-electron chi connectivity index (χ3n) is 2.69. The lowest BCUT2D eigenvalue weighted by Gasteiger charge is -2.24. The Bertz CT molecular complexity index is 436. The van der Waals surface area contributed by atoms with Crippen LogP contribution in [0.5, 0.6) is 0 Å². The van der Waals surface area contributed by atoms with Gasteiger partial charge in [-0.25, -0.2) is 0 Å². The number of ether oxygens (including phenoxy) is 1. The van der Waals surface area contributed by atoms with Gasteiger partial charge in [0.15, 0.2) is 0 Å². The van der Waals surface area contributed by atoms with Gasteiger partial charge in [0.1, 0.15) is 10.7 Å². The van der Waals surface area contributed by atoms with E-state index >= 15 is 0 Å². The summed E-state index contributed by atoms with van der Waals surface area (Å²) in [5.74, 6) is 0. The van der Waals surface area contributed by atoms with Crippen molar-refractivity contribution in [2.24, 2.45) is 0 Å². The number of nitro groups is 1. The van der Waals surface area contributed by atoms with Gasteiger partial charge in [0, 0.05) is 19.6 Å². The highest BCUT2D eigenvalue weighted by Gasteiger charge is 2.20. The number of nitrogens with zero attached hydrogens (tertiary/aromatic N) is 1. The normalized spacial score (nSPS) is 19.5. The molecule has 0 aliphatic carbocycles. The molecule has 0 amide bonds. The summed E-state index contributed by atoms with van der Waals surface area (Å²) in [7, 11) is 0. The molecule has 0 spiro atoms. The summed E-state index contributed by atoms with van der Waals surface area (Å²) < 4.78 is 5.50. The average Bonchev–Trinajstić information content (AvgIpc) is 2.37. The Morgan fingerprint density at radius 3 is 3.11 bits per heavy atom. The molecule has 1 atom stereocenters. The molecule has 1 aliphatic rings. The van der Waals surface area contributed by atoms with Crippen LogP contribution in [0.25, 0.3) is 0 Å². The number of hydrogen-bond acceptors (Lipinski definition) is 5. The third-order valence-corrected chi connectivity index (χ3v) is 3.00. The van der Waals surface area contributed by atoms with E-state index in [4.69, 9.17) is 16.3 Å². The maximum absolute atomic E-state index is 10.9. The summed E-state index contributed by atoms with van der Waals surface area (Å²) in [5, 5.41) is 17.3. The third kappa shape index (κ3) is 3.10. The number of hydrogen-bond donors (Lipinski definition) is 2. The van der Waals surface area contributed by atoms with Crippen molar-refractivity contribution in [3.8, 4) is 0 Å². The summed E-state index contributed by atoms with van der Waals surface area (Å²) in [6.45, 7) is 2.74. The highest BCUT2D eigenvalue weighted by Crippen LogP contribution is 2.32.